The van der Waals surface area contributed by atoms with Gasteiger partial charge in [-0.05, 0) is 34.9 Å². The summed E-state index contributed by atoms with van der Waals surface area (Å²) >= 11 is 6.12. The van der Waals surface area contributed by atoms with E-state index in [0.717, 1.165) is 17.2 Å². The molecule has 0 aliphatic heterocycles. The third-order valence-electron chi connectivity index (χ3n) is 3.01. The number of benzene rings is 2. The Morgan fingerprint density at radius 3 is 2.75 bits per heavy atom. The number of carbonyl (C=O) groups is 1. The van der Waals surface area contributed by atoms with Gasteiger partial charge in [0.15, 0.2) is 0 Å². The minimum Gasteiger partial charge on any atom is -0.495 e. The van der Waals surface area contributed by atoms with E-state index >= 15 is 0 Å². The first-order valence-corrected chi connectivity index (χ1v) is 6.49. The molecule has 0 heterocycles. The molecule has 2 rings (SSSR count). The number of rotatable bonds is 4. The first-order chi connectivity index (χ1) is 9.11. The molecule has 2 aromatic carbocycles. The van der Waals surface area contributed by atoms with Crippen molar-refractivity contribution in [3.05, 3.63) is 40.9 Å². The molecule has 5 heteroatoms. The van der Waals surface area contributed by atoms with Crippen LogP contribution in [-0.2, 0) is 11.2 Å². The van der Waals surface area contributed by atoms with E-state index in [9.17, 15) is 4.79 Å². The van der Waals surface area contributed by atoms with Crippen molar-refractivity contribution in [1.82, 2.24) is 5.32 Å². The quantitative estimate of drug-likeness (QED) is 0.936. The molecule has 0 saturated carbocycles. The number of fused-ring (bicyclic) bond motifs is 1. The van der Waals surface area contributed by atoms with Gasteiger partial charge in [0, 0.05) is 13.5 Å². The monoisotopic (exact) mass is 313 g/mol. The third kappa shape index (κ3) is 3.78. The second-order valence-electron chi connectivity index (χ2n) is 4.36. The van der Waals surface area contributed by atoms with Crippen molar-refractivity contribution >= 4 is 40.7 Å². The van der Waals surface area contributed by atoms with Gasteiger partial charge in [-0.15, -0.1) is 12.4 Å². The van der Waals surface area contributed by atoms with E-state index in [-0.39, 0.29) is 18.3 Å². The molecule has 0 spiro atoms. The van der Waals surface area contributed by atoms with E-state index in [1.54, 1.807) is 7.11 Å². The molecule has 3 nitrogen and oxygen atoms in total. The minimum absolute atomic E-state index is 0. The molecule has 1 amide bonds. The van der Waals surface area contributed by atoms with E-state index < -0.39 is 0 Å². The smallest absolute Gasteiger partial charge is 0.216 e. The zero-order chi connectivity index (χ0) is 13.8. The Morgan fingerprint density at radius 2 is 2.10 bits per heavy atom. The highest BCUT2D eigenvalue weighted by molar-refractivity contribution is 6.32. The molecule has 108 valence electrons. The predicted octanol–water partition coefficient (Wildman–Crippen LogP) is 3.60. The number of amides is 1. The summed E-state index contributed by atoms with van der Waals surface area (Å²) in [6, 6.07) is 9.91. The fraction of sp³-hybridized carbons (Fsp3) is 0.267. The molecule has 0 atom stereocenters. The number of hydrogen-bond acceptors (Lipinski definition) is 2. The van der Waals surface area contributed by atoms with Crippen molar-refractivity contribution in [2.45, 2.75) is 13.3 Å². The fourth-order valence-corrected chi connectivity index (χ4v) is 2.34. The lowest BCUT2D eigenvalue weighted by atomic mass is 10.0. The molecular weight excluding hydrogens is 297 g/mol. The topological polar surface area (TPSA) is 38.3 Å². The van der Waals surface area contributed by atoms with Crippen molar-refractivity contribution in [3.63, 3.8) is 0 Å². The molecule has 2 aromatic rings. The second kappa shape index (κ2) is 7.36. The molecule has 0 fully saturated rings. The lowest BCUT2D eigenvalue weighted by molar-refractivity contribution is -0.118. The minimum atomic E-state index is -0.0131. The van der Waals surface area contributed by atoms with Gasteiger partial charge in [0.25, 0.3) is 0 Å². The third-order valence-corrected chi connectivity index (χ3v) is 3.31. The van der Waals surface area contributed by atoms with Crippen LogP contribution >= 0.6 is 24.0 Å². The highest BCUT2D eigenvalue weighted by Gasteiger charge is 2.07. The van der Waals surface area contributed by atoms with Crippen LogP contribution in [0.3, 0.4) is 0 Å². The van der Waals surface area contributed by atoms with Crippen molar-refractivity contribution in [2.24, 2.45) is 0 Å². The molecule has 0 bridgehead atoms. The standard InChI is InChI=1S/C15H16ClNO2.ClH/c1-10(18)17-7-6-11-4-3-5-12-8-14(16)15(19-2)9-13(11)12;/h3-5,8-9H,6-7H2,1-2H3,(H,17,18);1H. The molecular formula is C15H17Cl2NO2. The Hall–Kier alpha value is -1.45. The summed E-state index contributed by atoms with van der Waals surface area (Å²) in [6.07, 6.45) is 0.779. The summed E-state index contributed by atoms with van der Waals surface area (Å²) in [7, 11) is 1.60. The van der Waals surface area contributed by atoms with Gasteiger partial charge in [-0.1, -0.05) is 29.8 Å². The fourth-order valence-electron chi connectivity index (χ4n) is 2.09. The van der Waals surface area contributed by atoms with E-state index in [0.29, 0.717) is 17.3 Å². The van der Waals surface area contributed by atoms with Gasteiger partial charge >= 0.3 is 0 Å². The van der Waals surface area contributed by atoms with Gasteiger partial charge in [0.2, 0.25) is 5.91 Å². The van der Waals surface area contributed by atoms with Crippen LogP contribution in [0.15, 0.2) is 30.3 Å². The van der Waals surface area contributed by atoms with Crippen molar-refractivity contribution in [1.29, 1.82) is 0 Å². The van der Waals surface area contributed by atoms with Crippen molar-refractivity contribution in [3.8, 4) is 5.75 Å². The zero-order valence-corrected chi connectivity index (χ0v) is 13.0. The summed E-state index contributed by atoms with van der Waals surface area (Å²) in [5, 5.41) is 5.59. The maximum Gasteiger partial charge on any atom is 0.216 e. The summed E-state index contributed by atoms with van der Waals surface area (Å²) in [6.45, 7) is 2.14. The van der Waals surface area contributed by atoms with Crippen LogP contribution < -0.4 is 10.1 Å². The van der Waals surface area contributed by atoms with Crippen LogP contribution in [0, 0.1) is 0 Å². The number of halogens is 2. The zero-order valence-electron chi connectivity index (χ0n) is 11.4. The van der Waals surface area contributed by atoms with Gasteiger partial charge in [0.05, 0.1) is 12.1 Å². The van der Waals surface area contributed by atoms with Crippen LogP contribution in [-0.4, -0.2) is 19.6 Å². The van der Waals surface area contributed by atoms with E-state index in [2.05, 4.69) is 11.4 Å². The largest absolute Gasteiger partial charge is 0.495 e. The molecule has 0 aliphatic rings. The summed E-state index contributed by atoms with van der Waals surface area (Å²) < 4.78 is 5.25. The van der Waals surface area contributed by atoms with E-state index in [4.69, 9.17) is 16.3 Å². The van der Waals surface area contributed by atoms with Gasteiger partial charge < -0.3 is 10.1 Å². The number of carbonyl (C=O) groups excluding carboxylic acids is 1. The Morgan fingerprint density at radius 1 is 1.35 bits per heavy atom. The number of nitrogens with one attached hydrogen (secondary N) is 1. The van der Waals surface area contributed by atoms with Crippen LogP contribution in [0.5, 0.6) is 5.75 Å². The van der Waals surface area contributed by atoms with Gasteiger partial charge in [0.1, 0.15) is 5.75 Å². The Bertz CT molecular complexity index is 614. The Labute approximate surface area is 129 Å². The second-order valence-corrected chi connectivity index (χ2v) is 4.77. The maximum absolute atomic E-state index is 10.9. The van der Waals surface area contributed by atoms with Crippen molar-refractivity contribution in [2.75, 3.05) is 13.7 Å². The molecule has 0 aromatic heterocycles. The van der Waals surface area contributed by atoms with Crippen LogP contribution in [0.4, 0.5) is 0 Å². The number of ether oxygens (including phenoxy) is 1. The molecule has 0 aliphatic carbocycles. The average Bonchev–Trinajstić information content (AvgIpc) is 2.37. The normalized spacial score (nSPS) is 9.95. The Kier molecular flexibility index (Phi) is 6.11. The maximum atomic E-state index is 10.9. The first-order valence-electron chi connectivity index (χ1n) is 6.11. The summed E-state index contributed by atoms with van der Waals surface area (Å²) in [5.74, 6) is 0.655. The highest BCUT2D eigenvalue weighted by Crippen LogP contribution is 2.31. The van der Waals surface area contributed by atoms with Gasteiger partial charge in [-0.2, -0.15) is 0 Å². The predicted molar refractivity (Wildman–Crippen MR) is 85.1 cm³/mol. The summed E-state index contributed by atoms with van der Waals surface area (Å²) in [5.41, 5.74) is 1.17. The van der Waals surface area contributed by atoms with Crippen LogP contribution in [0.1, 0.15) is 12.5 Å². The molecule has 1 N–H and O–H groups in total. The highest BCUT2D eigenvalue weighted by atomic mass is 35.5. The molecule has 0 unspecified atom stereocenters. The lowest BCUT2D eigenvalue weighted by Gasteiger charge is -2.10. The lowest BCUT2D eigenvalue weighted by Crippen LogP contribution is -2.22. The van der Waals surface area contributed by atoms with E-state index in [1.165, 1.54) is 12.5 Å². The van der Waals surface area contributed by atoms with Crippen LogP contribution in [0.2, 0.25) is 5.02 Å². The van der Waals surface area contributed by atoms with E-state index in [1.807, 2.05) is 24.3 Å². The number of methoxy groups -OCH3 is 1. The number of hydrogen-bond donors (Lipinski definition) is 1. The Balaban J connectivity index is 0.00000200. The molecule has 0 saturated heterocycles. The van der Waals surface area contributed by atoms with Crippen LogP contribution in [0.25, 0.3) is 10.8 Å². The van der Waals surface area contributed by atoms with Crippen molar-refractivity contribution < 1.29 is 9.53 Å². The first kappa shape index (κ1) is 16.6. The molecule has 0 radical (unpaired) electrons. The molecule has 20 heavy (non-hydrogen) atoms. The van der Waals surface area contributed by atoms with Gasteiger partial charge in [-0.3, -0.25) is 4.79 Å². The summed E-state index contributed by atoms with van der Waals surface area (Å²) in [4.78, 5) is 10.9. The average molecular weight is 314 g/mol. The SMILES string of the molecule is COc1cc2c(CCNC(C)=O)cccc2cc1Cl.Cl. The van der Waals surface area contributed by atoms with Gasteiger partial charge in [-0.25, -0.2) is 0 Å².